The summed E-state index contributed by atoms with van der Waals surface area (Å²) < 4.78 is 27.3. The van der Waals surface area contributed by atoms with Crippen LogP contribution in [0.3, 0.4) is 0 Å². The van der Waals surface area contributed by atoms with Crippen LogP contribution in [0.15, 0.2) is 53.7 Å². The molecule has 3 aromatic rings. The highest BCUT2D eigenvalue weighted by Gasteiger charge is 2.23. The van der Waals surface area contributed by atoms with E-state index in [1.807, 2.05) is 0 Å². The quantitative estimate of drug-likeness (QED) is 0.320. The minimum atomic E-state index is -2.66. The topological polar surface area (TPSA) is 81.3 Å². The number of hydrogen-bond acceptors (Lipinski definition) is 5. The maximum atomic E-state index is 12.9. The Bertz CT molecular complexity index is 1060. The molecule has 0 bridgehead atoms. The first kappa shape index (κ1) is 20.7. The van der Waals surface area contributed by atoms with Gasteiger partial charge in [0.25, 0.3) is 11.4 Å². The molecule has 0 aliphatic carbocycles. The summed E-state index contributed by atoms with van der Waals surface area (Å²) in [6.07, 6.45) is 0. The van der Waals surface area contributed by atoms with Crippen molar-refractivity contribution in [3.8, 4) is 0 Å². The normalized spacial score (nSPS) is 12.3. The second-order valence-electron chi connectivity index (χ2n) is 6.38. The van der Waals surface area contributed by atoms with Crippen LogP contribution in [0.4, 0.5) is 14.5 Å². The first-order chi connectivity index (χ1) is 13.8. The van der Waals surface area contributed by atoms with Crippen LogP contribution in [-0.2, 0) is 11.3 Å². The highest BCUT2D eigenvalue weighted by Crippen LogP contribution is 2.29. The zero-order valence-electron chi connectivity index (χ0n) is 15.7. The molecule has 3 rings (SSSR count). The number of alkyl halides is 2. The summed E-state index contributed by atoms with van der Waals surface area (Å²) in [4.78, 5) is 29.0. The first-order valence-corrected chi connectivity index (χ1v) is 9.56. The molecule has 7 nitrogen and oxygen atoms in total. The van der Waals surface area contributed by atoms with Crippen molar-refractivity contribution in [1.29, 1.82) is 0 Å². The SMILES string of the molecule is CC(c1cccc([N+](=O)[O-])c1)N(C)C(=O)Cn1c(SC(F)F)nc2ccccc21. The Kier molecular flexibility index (Phi) is 6.12. The Morgan fingerprint density at radius 2 is 2.00 bits per heavy atom. The molecule has 0 aliphatic heterocycles. The molecule has 1 aromatic heterocycles. The van der Waals surface area contributed by atoms with Gasteiger partial charge >= 0.3 is 0 Å². The van der Waals surface area contributed by atoms with Crippen LogP contribution in [0.1, 0.15) is 18.5 Å². The number of halogens is 2. The minimum Gasteiger partial charge on any atom is -0.337 e. The molecule has 10 heteroatoms. The largest absolute Gasteiger partial charge is 0.337 e. The number of thioether (sulfide) groups is 1. The second-order valence-corrected chi connectivity index (χ2v) is 7.34. The van der Waals surface area contributed by atoms with Gasteiger partial charge in [-0.05, 0) is 36.4 Å². The van der Waals surface area contributed by atoms with Crippen LogP contribution in [0.2, 0.25) is 0 Å². The lowest BCUT2D eigenvalue weighted by atomic mass is 10.1. The van der Waals surface area contributed by atoms with Gasteiger partial charge in [-0.3, -0.25) is 14.9 Å². The summed E-state index contributed by atoms with van der Waals surface area (Å²) >= 11 is 0.287. The molecule has 0 fully saturated rings. The molecule has 0 N–H and O–H groups in total. The second kappa shape index (κ2) is 8.56. The molecule has 1 atom stereocenters. The number of likely N-dealkylation sites (N-methyl/N-ethyl adjacent to an activating group) is 1. The number of amides is 1. The zero-order valence-corrected chi connectivity index (χ0v) is 16.5. The van der Waals surface area contributed by atoms with E-state index in [1.165, 1.54) is 21.6 Å². The van der Waals surface area contributed by atoms with Crippen molar-refractivity contribution in [2.45, 2.75) is 30.4 Å². The van der Waals surface area contributed by atoms with Crippen molar-refractivity contribution in [3.05, 3.63) is 64.2 Å². The van der Waals surface area contributed by atoms with Gasteiger partial charge in [0, 0.05) is 19.2 Å². The summed E-state index contributed by atoms with van der Waals surface area (Å²) in [5.74, 6) is -2.99. The molecule has 0 spiro atoms. The Morgan fingerprint density at radius 1 is 1.28 bits per heavy atom. The number of hydrogen-bond donors (Lipinski definition) is 0. The third-order valence-corrected chi connectivity index (χ3v) is 5.35. The number of rotatable bonds is 7. The summed E-state index contributed by atoms with van der Waals surface area (Å²) in [6, 6.07) is 12.5. The third-order valence-electron chi connectivity index (χ3n) is 4.65. The van der Waals surface area contributed by atoms with Crippen LogP contribution in [-0.4, -0.2) is 38.1 Å². The molecular weight excluding hydrogens is 402 g/mol. The number of fused-ring (bicyclic) bond motifs is 1. The van der Waals surface area contributed by atoms with Crippen LogP contribution in [0.5, 0.6) is 0 Å². The molecular formula is C19H18F2N4O3S. The fraction of sp³-hybridized carbons (Fsp3) is 0.263. The number of nitro benzene ring substituents is 1. The zero-order chi connectivity index (χ0) is 21.1. The van der Waals surface area contributed by atoms with Gasteiger partial charge in [-0.1, -0.05) is 24.3 Å². The van der Waals surface area contributed by atoms with E-state index >= 15 is 0 Å². The fourth-order valence-electron chi connectivity index (χ4n) is 2.96. The molecule has 0 saturated carbocycles. The summed E-state index contributed by atoms with van der Waals surface area (Å²) in [5, 5.41) is 11.1. The lowest BCUT2D eigenvalue weighted by Crippen LogP contribution is -2.32. The van der Waals surface area contributed by atoms with E-state index in [2.05, 4.69) is 4.98 Å². The predicted octanol–water partition coefficient (Wildman–Crippen LogP) is 4.48. The number of imidazole rings is 1. The molecule has 1 heterocycles. The lowest BCUT2D eigenvalue weighted by molar-refractivity contribution is -0.384. The van der Waals surface area contributed by atoms with Crippen molar-refractivity contribution < 1.29 is 18.5 Å². The monoisotopic (exact) mass is 420 g/mol. The van der Waals surface area contributed by atoms with Crippen molar-refractivity contribution in [2.75, 3.05) is 7.05 Å². The van der Waals surface area contributed by atoms with Crippen molar-refractivity contribution in [3.63, 3.8) is 0 Å². The summed E-state index contributed by atoms with van der Waals surface area (Å²) in [7, 11) is 1.57. The standard InChI is InChI=1S/C19H18F2N4O3S/c1-12(13-6-5-7-14(10-13)25(27)28)23(2)17(26)11-24-16-9-4-3-8-15(16)22-19(24)29-18(20)21/h3-10,12,18H,11H2,1-2H3. The number of nitrogens with zero attached hydrogens (tertiary/aromatic N) is 4. The summed E-state index contributed by atoms with van der Waals surface area (Å²) in [6.45, 7) is 1.57. The molecule has 0 radical (unpaired) electrons. The number of carbonyl (C=O) groups is 1. The smallest absolute Gasteiger partial charge is 0.291 e. The predicted molar refractivity (Wildman–Crippen MR) is 106 cm³/mol. The van der Waals surface area contributed by atoms with Crippen LogP contribution < -0.4 is 0 Å². The van der Waals surface area contributed by atoms with Crippen molar-refractivity contribution in [2.24, 2.45) is 0 Å². The van der Waals surface area contributed by atoms with E-state index in [0.717, 1.165) is 0 Å². The maximum Gasteiger partial charge on any atom is 0.291 e. The number of para-hydroxylation sites is 2. The average Bonchev–Trinajstić information content (AvgIpc) is 3.03. The van der Waals surface area contributed by atoms with Gasteiger partial charge in [0.05, 0.1) is 22.0 Å². The van der Waals surface area contributed by atoms with Gasteiger partial charge in [0.15, 0.2) is 5.16 Å². The van der Waals surface area contributed by atoms with E-state index < -0.39 is 16.7 Å². The molecule has 152 valence electrons. The maximum absolute atomic E-state index is 12.9. The number of aromatic nitrogens is 2. The Hall–Kier alpha value is -3.01. The number of benzene rings is 2. The summed E-state index contributed by atoms with van der Waals surface area (Å²) in [5.41, 5.74) is 1.65. The molecule has 2 aromatic carbocycles. The van der Waals surface area contributed by atoms with Gasteiger partial charge in [0.2, 0.25) is 5.91 Å². The van der Waals surface area contributed by atoms with Crippen molar-refractivity contribution in [1.82, 2.24) is 14.5 Å². The van der Waals surface area contributed by atoms with E-state index in [-0.39, 0.29) is 35.1 Å². The van der Waals surface area contributed by atoms with Gasteiger partial charge < -0.3 is 9.47 Å². The van der Waals surface area contributed by atoms with Crippen LogP contribution in [0, 0.1) is 10.1 Å². The van der Waals surface area contributed by atoms with Gasteiger partial charge in [0.1, 0.15) is 6.54 Å². The Balaban J connectivity index is 1.86. The van der Waals surface area contributed by atoms with E-state index in [9.17, 15) is 23.7 Å². The van der Waals surface area contributed by atoms with Gasteiger partial charge in [-0.2, -0.15) is 8.78 Å². The number of non-ortho nitro benzene ring substituents is 1. The van der Waals surface area contributed by atoms with E-state index in [4.69, 9.17) is 0 Å². The molecule has 1 unspecified atom stereocenters. The molecule has 0 saturated heterocycles. The fourth-order valence-corrected chi connectivity index (χ4v) is 3.56. The van der Waals surface area contributed by atoms with Gasteiger partial charge in [-0.25, -0.2) is 4.98 Å². The molecule has 0 aliphatic rings. The minimum absolute atomic E-state index is 0.0611. The third kappa shape index (κ3) is 4.53. The average molecular weight is 420 g/mol. The van der Waals surface area contributed by atoms with E-state index in [1.54, 1.807) is 50.4 Å². The highest BCUT2D eigenvalue weighted by molar-refractivity contribution is 7.99. The number of carbonyl (C=O) groups excluding carboxylic acids is 1. The van der Waals surface area contributed by atoms with Crippen molar-refractivity contribution >= 4 is 34.4 Å². The highest BCUT2D eigenvalue weighted by atomic mass is 32.2. The number of nitro groups is 1. The van der Waals surface area contributed by atoms with Crippen LogP contribution in [0.25, 0.3) is 11.0 Å². The first-order valence-electron chi connectivity index (χ1n) is 8.68. The lowest BCUT2D eigenvalue weighted by Gasteiger charge is -2.26. The Morgan fingerprint density at radius 3 is 2.69 bits per heavy atom. The molecule has 29 heavy (non-hydrogen) atoms. The van der Waals surface area contributed by atoms with Gasteiger partial charge in [-0.15, -0.1) is 0 Å². The Labute approximate surface area is 169 Å². The van der Waals surface area contributed by atoms with E-state index in [0.29, 0.717) is 16.6 Å². The van der Waals surface area contributed by atoms with Crippen LogP contribution >= 0.6 is 11.8 Å². The molecule has 1 amide bonds.